The van der Waals surface area contributed by atoms with Crippen molar-refractivity contribution >= 4 is 17.3 Å². The van der Waals surface area contributed by atoms with Gasteiger partial charge in [0.1, 0.15) is 0 Å². The second kappa shape index (κ2) is 2.85. The van der Waals surface area contributed by atoms with Crippen molar-refractivity contribution in [1.29, 1.82) is 0 Å². The lowest BCUT2D eigenvalue weighted by Gasteiger charge is -1.98. The van der Waals surface area contributed by atoms with E-state index in [-0.39, 0.29) is 0 Å². The summed E-state index contributed by atoms with van der Waals surface area (Å²) < 4.78 is 0. The predicted molar refractivity (Wildman–Crippen MR) is 48.7 cm³/mol. The molecule has 1 heterocycles. The number of carbonyl (C=O) groups excluding carboxylic acids is 1. The van der Waals surface area contributed by atoms with Crippen molar-refractivity contribution in [3.05, 3.63) is 28.7 Å². The summed E-state index contributed by atoms with van der Waals surface area (Å²) >= 11 is 0. The number of benzene rings is 1. The first kappa shape index (κ1) is 7.72. The van der Waals surface area contributed by atoms with Crippen LogP contribution in [0.15, 0.2) is 23.4 Å². The highest BCUT2D eigenvalue weighted by molar-refractivity contribution is 5.97. The van der Waals surface area contributed by atoms with Gasteiger partial charge in [0.15, 0.2) is 0 Å². The second-order valence-electron chi connectivity index (χ2n) is 2.69. The molecule has 13 heavy (non-hydrogen) atoms. The Kier molecular flexibility index (Phi) is 1.70. The SMILES string of the molecule is O=NC(=O)c1ccc2c(c1)NCN2. The van der Waals surface area contributed by atoms with E-state index in [4.69, 9.17) is 0 Å². The van der Waals surface area contributed by atoms with E-state index < -0.39 is 5.91 Å². The third-order valence-electron chi connectivity index (χ3n) is 1.91. The summed E-state index contributed by atoms with van der Waals surface area (Å²) in [4.78, 5) is 20.9. The van der Waals surface area contributed by atoms with E-state index in [0.717, 1.165) is 11.4 Å². The van der Waals surface area contributed by atoms with Crippen LogP contribution in [0.3, 0.4) is 0 Å². The maximum absolute atomic E-state index is 10.9. The van der Waals surface area contributed by atoms with Crippen molar-refractivity contribution in [2.45, 2.75) is 0 Å². The first-order chi connectivity index (χ1) is 6.31. The van der Waals surface area contributed by atoms with Gasteiger partial charge in [-0.1, -0.05) is 0 Å². The summed E-state index contributed by atoms with van der Waals surface area (Å²) in [5.41, 5.74) is 2.07. The van der Waals surface area contributed by atoms with Crippen molar-refractivity contribution in [3.8, 4) is 0 Å². The van der Waals surface area contributed by atoms with Gasteiger partial charge in [0.05, 0.1) is 18.0 Å². The molecular weight excluding hydrogens is 170 g/mol. The summed E-state index contributed by atoms with van der Waals surface area (Å²) in [5, 5.41) is 8.41. The molecule has 0 spiro atoms. The quantitative estimate of drug-likeness (QED) is 0.636. The van der Waals surface area contributed by atoms with Crippen LogP contribution < -0.4 is 10.6 Å². The molecule has 2 N–H and O–H groups in total. The number of anilines is 2. The van der Waals surface area contributed by atoms with Gasteiger partial charge < -0.3 is 10.6 Å². The van der Waals surface area contributed by atoms with Crippen molar-refractivity contribution in [2.24, 2.45) is 5.18 Å². The zero-order chi connectivity index (χ0) is 9.26. The average Bonchev–Trinajstić information content (AvgIpc) is 2.63. The van der Waals surface area contributed by atoms with Gasteiger partial charge in [-0.05, 0) is 18.2 Å². The van der Waals surface area contributed by atoms with Crippen LogP contribution in [0.25, 0.3) is 0 Å². The molecule has 0 radical (unpaired) electrons. The van der Waals surface area contributed by atoms with Crippen LogP contribution in [0.1, 0.15) is 10.4 Å². The minimum atomic E-state index is -0.739. The maximum Gasteiger partial charge on any atom is 0.316 e. The Morgan fingerprint density at radius 3 is 2.85 bits per heavy atom. The standard InChI is InChI=1S/C8H7N3O2/c12-8(11-13)5-1-2-6-7(3-5)10-4-9-6/h1-3,9-10H,4H2. The Morgan fingerprint density at radius 1 is 1.31 bits per heavy atom. The van der Waals surface area contributed by atoms with Crippen LogP contribution in [-0.2, 0) is 0 Å². The minimum Gasteiger partial charge on any atom is -0.366 e. The molecule has 0 bridgehead atoms. The Morgan fingerprint density at radius 2 is 2.08 bits per heavy atom. The number of hydrogen-bond donors (Lipinski definition) is 2. The number of hydrogen-bond acceptors (Lipinski definition) is 4. The van der Waals surface area contributed by atoms with E-state index >= 15 is 0 Å². The topological polar surface area (TPSA) is 70.6 Å². The third kappa shape index (κ3) is 1.24. The van der Waals surface area contributed by atoms with Crippen molar-refractivity contribution in [1.82, 2.24) is 0 Å². The van der Waals surface area contributed by atoms with Gasteiger partial charge in [0, 0.05) is 10.7 Å². The van der Waals surface area contributed by atoms with Gasteiger partial charge in [0.2, 0.25) is 0 Å². The number of nitrogens with one attached hydrogen (secondary N) is 2. The van der Waals surface area contributed by atoms with Gasteiger partial charge in [-0.2, -0.15) is 0 Å². The van der Waals surface area contributed by atoms with Crippen molar-refractivity contribution < 1.29 is 4.79 Å². The zero-order valence-electron chi connectivity index (χ0n) is 6.70. The number of fused-ring (bicyclic) bond motifs is 1. The molecule has 2 rings (SSSR count). The fraction of sp³-hybridized carbons (Fsp3) is 0.125. The molecule has 0 saturated carbocycles. The number of nitroso groups, excluding NO2 is 1. The smallest absolute Gasteiger partial charge is 0.316 e. The van der Waals surface area contributed by atoms with Crippen molar-refractivity contribution in [3.63, 3.8) is 0 Å². The molecule has 0 atom stereocenters. The van der Waals surface area contributed by atoms with Gasteiger partial charge in [0.25, 0.3) is 0 Å². The lowest BCUT2D eigenvalue weighted by Crippen LogP contribution is -1.99. The highest BCUT2D eigenvalue weighted by Crippen LogP contribution is 2.26. The number of amides is 1. The lowest BCUT2D eigenvalue weighted by atomic mass is 10.2. The largest absolute Gasteiger partial charge is 0.366 e. The molecule has 5 heteroatoms. The molecule has 0 fully saturated rings. The third-order valence-corrected chi connectivity index (χ3v) is 1.91. The monoisotopic (exact) mass is 177 g/mol. The van der Waals surface area contributed by atoms with Crippen LogP contribution in [0.5, 0.6) is 0 Å². The van der Waals surface area contributed by atoms with Gasteiger partial charge >= 0.3 is 5.91 Å². The van der Waals surface area contributed by atoms with Gasteiger partial charge in [-0.3, -0.25) is 4.79 Å². The van der Waals surface area contributed by atoms with Crippen LogP contribution in [-0.4, -0.2) is 12.6 Å². The molecule has 0 saturated heterocycles. The Labute approximate surface area is 74.1 Å². The van der Waals surface area contributed by atoms with Gasteiger partial charge in [-0.15, -0.1) is 4.91 Å². The predicted octanol–water partition coefficient (Wildman–Crippen LogP) is 1.39. The molecule has 5 nitrogen and oxygen atoms in total. The first-order valence-electron chi connectivity index (χ1n) is 3.81. The highest BCUT2D eigenvalue weighted by Gasteiger charge is 2.12. The molecule has 0 aliphatic carbocycles. The van der Waals surface area contributed by atoms with Crippen LogP contribution in [0.4, 0.5) is 11.4 Å². The molecule has 0 aromatic heterocycles. The van der Waals surface area contributed by atoms with E-state index in [1.807, 2.05) is 0 Å². The summed E-state index contributed by atoms with van der Waals surface area (Å²) in [7, 11) is 0. The summed E-state index contributed by atoms with van der Waals surface area (Å²) in [6.45, 7) is 0.640. The van der Waals surface area contributed by atoms with E-state index in [1.165, 1.54) is 0 Å². The molecular formula is C8H7N3O2. The molecule has 1 amide bonds. The van der Waals surface area contributed by atoms with E-state index in [1.54, 1.807) is 18.2 Å². The fourth-order valence-electron chi connectivity index (χ4n) is 1.27. The molecule has 1 aromatic carbocycles. The molecule has 0 unspecified atom stereocenters. The summed E-state index contributed by atoms with van der Waals surface area (Å²) in [6.07, 6.45) is 0. The lowest BCUT2D eigenvalue weighted by molar-refractivity contribution is 0.100. The zero-order valence-corrected chi connectivity index (χ0v) is 6.70. The maximum atomic E-state index is 10.9. The molecule has 1 aromatic rings. The summed E-state index contributed by atoms with van der Waals surface area (Å²) in [5.74, 6) is -0.739. The first-order valence-corrected chi connectivity index (χ1v) is 3.81. The van der Waals surface area contributed by atoms with E-state index in [9.17, 15) is 9.70 Å². The molecule has 66 valence electrons. The average molecular weight is 177 g/mol. The number of carbonyl (C=O) groups is 1. The molecule has 1 aliphatic heterocycles. The minimum absolute atomic E-state index is 0.310. The fourth-order valence-corrected chi connectivity index (χ4v) is 1.27. The van der Waals surface area contributed by atoms with E-state index in [0.29, 0.717) is 12.2 Å². The number of rotatable bonds is 1. The Hall–Kier alpha value is -1.91. The van der Waals surface area contributed by atoms with Gasteiger partial charge in [-0.25, -0.2) is 0 Å². The number of nitrogens with zero attached hydrogens (tertiary/aromatic N) is 1. The normalized spacial score (nSPS) is 12.6. The van der Waals surface area contributed by atoms with Crippen molar-refractivity contribution in [2.75, 3.05) is 17.3 Å². The van der Waals surface area contributed by atoms with Crippen LogP contribution in [0, 0.1) is 4.91 Å². The molecule has 1 aliphatic rings. The summed E-state index contributed by atoms with van der Waals surface area (Å²) in [6, 6.07) is 4.93. The van der Waals surface area contributed by atoms with E-state index in [2.05, 4.69) is 15.8 Å². The second-order valence-corrected chi connectivity index (χ2v) is 2.69. The van der Waals surface area contributed by atoms with Crippen LogP contribution >= 0.6 is 0 Å². The Balaban J connectivity index is 2.41. The highest BCUT2D eigenvalue weighted by atomic mass is 16.3. The van der Waals surface area contributed by atoms with Crippen LogP contribution in [0.2, 0.25) is 0 Å². The Bertz CT molecular complexity index is 376.